The lowest BCUT2D eigenvalue weighted by Gasteiger charge is -1.95. The van der Waals surface area contributed by atoms with Gasteiger partial charge in [-0.1, -0.05) is 19.3 Å². The number of rotatable bonds is 2. The Morgan fingerprint density at radius 3 is 2.00 bits per heavy atom. The van der Waals surface area contributed by atoms with E-state index in [0.717, 1.165) is 11.9 Å². The molecule has 0 aromatic rings. The van der Waals surface area contributed by atoms with Crippen molar-refractivity contribution in [3.63, 3.8) is 0 Å². The molecule has 46 valence electrons. The van der Waals surface area contributed by atoms with Crippen molar-refractivity contribution in [1.29, 1.82) is 0 Å². The summed E-state index contributed by atoms with van der Waals surface area (Å²) in [4.78, 5) is 0. The first-order chi connectivity index (χ1) is 3.72. The van der Waals surface area contributed by atoms with Gasteiger partial charge in [0, 0.05) is 0 Å². The number of allylic oxidation sites excluding steroid dienone is 2. The van der Waals surface area contributed by atoms with Gasteiger partial charge in [-0.2, -0.15) is 0 Å². The lowest BCUT2D eigenvalue weighted by molar-refractivity contribution is 0.595. The maximum atomic E-state index is 12.4. The highest BCUT2D eigenvalue weighted by atomic mass is 19.1. The highest BCUT2D eigenvalue weighted by molar-refractivity contribution is 6.21. The Balaban J connectivity index is 3.83. The lowest BCUT2D eigenvalue weighted by atomic mass is 9.92. The smallest absolute Gasteiger partial charge is 0.137 e. The predicted molar refractivity (Wildman–Crippen MR) is 37.3 cm³/mol. The third-order valence-corrected chi connectivity index (χ3v) is 1.30. The summed E-state index contributed by atoms with van der Waals surface area (Å²) in [5.74, 6) is 0.0486. The van der Waals surface area contributed by atoms with Crippen LogP contribution < -0.4 is 0 Å². The van der Waals surface area contributed by atoms with Crippen molar-refractivity contribution in [1.82, 2.24) is 0 Å². The average Bonchev–Trinajstić information content (AvgIpc) is 1.84. The zero-order valence-electron chi connectivity index (χ0n) is 5.79. The summed E-state index contributed by atoms with van der Waals surface area (Å²) in [5, 5.41) is 0. The Morgan fingerprint density at radius 2 is 1.88 bits per heavy atom. The highest BCUT2D eigenvalue weighted by Crippen LogP contribution is 2.08. The Labute approximate surface area is 51.2 Å². The van der Waals surface area contributed by atoms with E-state index in [-0.39, 0.29) is 5.83 Å². The average molecular weight is 114 g/mol. The first-order valence-corrected chi connectivity index (χ1v) is 3.06. The summed E-state index contributed by atoms with van der Waals surface area (Å²) in [6.07, 6.45) is 1.37. The van der Waals surface area contributed by atoms with Crippen molar-refractivity contribution in [3.05, 3.63) is 11.3 Å². The Hall–Kier alpha value is -0.265. The van der Waals surface area contributed by atoms with Gasteiger partial charge in [-0.25, -0.2) is 4.39 Å². The third kappa shape index (κ3) is 2.15. The minimum absolute atomic E-state index is 0.0486. The van der Waals surface area contributed by atoms with Crippen molar-refractivity contribution in [2.45, 2.75) is 26.7 Å². The van der Waals surface area contributed by atoms with Crippen LogP contribution in [0.5, 0.6) is 0 Å². The van der Waals surface area contributed by atoms with E-state index in [2.05, 4.69) is 0 Å². The fourth-order valence-corrected chi connectivity index (χ4v) is 0.494. The van der Waals surface area contributed by atoms with Crippen molar-refractivity contribution >= 4 is 7.85 Å². The molecule has 0 rings (SSSR count). The summed E-state index contributed by atoms with van der Waals surface area (Å²) < 4.78 is 12.4. The van der Waals surface area contributed by atoms with Gasteiger partial charge in [0.2, 0.25) is 0 Å². The summed E-state index contributed by atoms with van der Waals surface area (Å²) in [5.41, 5.74) is 0.882. The van der Waals surface area contributed by atoms with Crippen LogP contribution in [0.1, 0.15) is 26.7 Å². The second-order valence-electron chi connectivity index (χ2n) is 1.89. The molecule has 0 spiro atoms. The highest BCUT2D eigenvalue weighted by Gasteiger charge is 1.93. The maximum Gasteiger partial charge on any atom is 0.137 e. The number of hydrogen-bond donors (Lipinski definition) is 0. The summed E-state index contributed by atoms with van der Waals surface area (Å²) in [6.45, 7) is 3.79. The predicted octanol–water partition coefficient (Wildman–Crippen LogP) is 1.62. The third-order valence-electron chi connectivity index (χ3n) is 1.30. The molecule has 0 aromatic carbocycles. The van der Waals surface area contributed by atoms with Crippen LogP contribution in [-0.2, 0) is 0 Å². The zero-order valence-corrected chi connectivity index (χ0v) is 5.79. The molecule has 0 aliphatic heterocycles. The molecule has 0 fully saturated rings. The normalized spacial score (nSPS) is 13.4. The maximum absolute atomic E-state index is 12.4. The van der Waals surface area contributed by atoms with Crippen LogP contribution in [-0.4, -0.2) is 7.85 Å². The van der Waals surface area contributed by atoms with Gasteiger partial charge in [0.25, 0.3) is 0 Å². The van der Waals surface area contributed by atoms with Gasteiger partial charge < -0.3 is 0 Å². The number of halogens is 1. The van der Waals surface area contributed by atoms with Gasteiger partial charge in [-0.15, -0.1) is 0 Å². The van der Waals surface area contributed by atoms with Gasteiger partial charge in [0.15, 0.2) is 0 Å². The molecule has 0 aliphatic rings. The van der Waals surface area contributed by atoms with Gasteiger partial charge in [-0.05, 0) is 12.8 Å². The van der Waals surface area contributed by atoms with E-state index >= 15 is 0 Å². The molecule has 8 heavy (non-hydrogen) atoms. The van der Waals surface area contributed by atoms with Gasteiger partial charge in [0.05, 0.1) is 5.83 Å². The van der Waals surface area contributed by atoms with Crippen molar-refractivity contribution < 1.29 is 4.39 Å². The monoisotopic (exact) mass is 114 g/mol. The van der Waals surface area contributed by atoms with E-state index in [1.54, 1.807) is 0 Å². The number of hydrogen-bond acceptors (Lipinski definition) is 0. The first kappa shape index (κ1) is 7.73. The van der Waals surface area contributed by atoms with Crippen LogP contribution in [0.2, 0.25) is 0 Å². The van der Waals surface area contributed by atoms with Gasteiger partial charge >= 0.3 is 0 Å². The molecule has 0 atom stereocenters. The molecule has 0 amide bonds. The largest absolute Gasteiger partial charge is 0.213 e. The van der Waals surface area contributed by atoms with E-state index in [1.165, 1.54) is 0 Å². The fraction of sp³-hybridized carbons (Fsp3) is 0.667. The van der Waals surface area contributed by atoms with Crippen LogP contribution in [0.15, 0.2) is 11.3 Å². The molecular weight excluding hydrogens is 102 g/mol. The van der Waals surface area contributed by atoms with Gasteiger partial charge in [-0.3, -0.25) is 0 Å². The Bertz CT molecular complexity index is 84.7. The molecular formula is C6H12BF. The molecule has 0 bridgehead atoms. The Morgan fingerprint density at radius 1 is 1.38 bits per heavy atom. The summed E-state index contributed by atoms with van der Waals surface area (Å²) in [6, 6.07) is 0. The molecule has 0 radical (unpaired) electrons. The second kappa shape index (κ2) is 3.70. The van der Waals surface area contributed by atoms with E-state index in [1.807, 2.05) is 21.7 Å². The van der Waals surface area contributed by atoms with E-state index in [0.29, 0.717) is 6.42 Å². The summed E-state index contributed by atoms with van der Waals surface area (Å²) >= 11 is 0. The summed E-state index contributed by atoms with van der Waals surface area (Å²) in [7, 11) is 1.83. The van der Waals surface area contributed by atoms with Crippen LogP contribution >= 0.6 is 0 Å². The van der Waals surface area contributed by atoms with E-state index in [4.69, 9.17) is 0 Å². The zero-order chi connectivity index (χ0) is 6.57. The first-order valence-electron chi connectivity index (χ1n) is 3.06. The van der Waals surface area contributed by atoms with Crippen molar-refractivity contribution in [3.8, 4) is 0 Å². The molecule has 0 N–H and O–H groups in total. The lowest BCUT2D eigenvalue weighted by Crippen LogP contribution is -1.82. The molecule has 0 unspecified atom stereocenters. The topological polar surface area (TPSA) is 0 Å². The molecule has 0 saturated heterocycles. The minimum Gasteiger partial charge on any atom is -0.213 e. The minimum atomic E-state index is 0.0486. The van der Waals surface area contributed by atoms with E-state index < -0.39 is 0 Å². The standard InChI is InChI=1S/C6H12BF/c1-3-5(7)6(8)4-2/h3-4,7H2,1-2H3/b6-5-. The van der Waals surface area contributed by atoms with Crippen LogP contribution in [0, 0.1) is 0 Å². The second-order valence-corrected chi connectivity index (χ2v) is 1.89. The Kier molecular flexibility index (Phi) is 3.58. The molecule has 0 saturated carbocycles. The molecule has 2 heteroatoms. The van der Waals surface area contributed by atoms with Crippen LogP contribution in [0.4, 0.5) is 4.39 Å². The van der Waals surface area contributed by atoms with Crippen LogP contribution in [0.25, 0.3) is 0 Å². The SMILES string of the molecule is B/C(CC)=C(\F)CC. The molecule has 0 aromatic heterocycles. The molecule has 0 heterocycles. The molecule has 0 nitrogen and oxygen atoms in total. The van der Waals surface area contributed by atoms with Crippen LogP contribution in [0.3, 0.4) is 0 Å². The van der Waals surface area contributed by atoms with Crippen molar-refractivity contribution in [2.75, 3.05) is 0 Å². The fourth-order valence-electron chi connectivity index (χ4n) is 0.494. The van der Waals surface area contributed by atoms with E-state index in [9.17, 15) is 4.39 Å². The quantitative estimate of drug-likeness (QED) is 0.478. The van der Waals surface area contributed by atoms with Gasteiger partial charge in [0.1, 0.15) is 7.85 Å². The van der Waals surface area contributed by atoms with Crippen molar-refractivity contribution in [2.24, 2.45) is 0 Å². The molecule has 0 aliphatic carbocycles.